The molecule has 17 heavy (non-hydrogen) atoms. The third-order valence-corrected chi connectivity index (χ3v) is 3.90. The van der Waals surface area contributed by atoms with Gasteiger partial charge in [-0.15, -0.1) is 0 Å². The Morgan fingerprint density at radius 2 is 2.06 bits per heavy atom. The molecule has 0 aliphatic heterocycles. The van der Waals surface area contributed by atoms with E-state index in [-0.39, 0.29) is 5.78 Å². The normalized spacial score (nSPS) is 12.8. The molecule has 1 aromatic carbocycles. The number of nitrogens with zero attached hydrogens (tertiary/aromatic N) is 1. The van der Waals surface area contributed by atoms with Crippen LogP contribution >= 0.6 is 15.9 Å². The van der Waals surface area contributed by atoms with Crippen LogP contribution in [-0.4, -0.2) is 30.3 Å². The maximum atomic E-state index is 12.0. The Kier molecular flexibility index (Phi) is 5.86. The number of carbonyl (C=O) groups is 1. The van der Waals surface area contributed by atoms with Gasteiger partial charge in [0.2, 0.25) is 0 Å². The maximum Gasteiger partial charge on any atom is 0.165 e. The maximum absolute atomic E-state index is 12.0. The third kappa shape index (κ3) is 4.25. The van der Waals surface area contributed by atoms with Gasteiger partial charge in [0.25, 0.3) is 0 Å². The van der Waals surface area contributed by atoms with E-state index in [0.29, 0.717) is 12.5 Å². The summed E-state index contributed by atoms with van der Waals surface area (Å²) in [6, 6.07) is 8.13. The molecule has 0 saturated carbocycles. The van der Waals surface area contributed by atoms with Gasteiger partial charge in [-0.3, -0.25) is 4.79 Å². The SMILES string of the molecule is CCC(C)N(C)CCC(=O)c1ccccc1Br. The molecule has 1 rings (SSSR count). The van der Waals surface area contributed by atoms with Gasteiger partial charge in [0.15, 0.2) is 5.78 Å². The molecule has 3 heteroatoms. The fourth-order valence-corrected chi connectivity index (χ4v) is 2.14. The van der Waals surface area contributed by atoms with Gasteiger partial charge in [-0.2, -0.15) is 0 Å². The van der Waals surface area contributed by atoms with Crippen molar-refractivity contribution >= 4 is 21.7 Å². The zero-order valence-corrected chi connectivity index (χ0v) is 12.3. The second-order valence-corrected chi connectivity index (χ2v) is 5.25. The zero-order valence-electron chi connectivity index (χ0n) is 10.7. The number of benzene rings is 1. The molecule has 0 radical (unpaired) electrons. The van der Waals surface area contributed by atoms with Crippen molar-refractivity contribution in [2.75, 3.05) is 13.6 Å². The first-order chi connectivity index (χ1) is 8.06. The van der Waals surface area contributed by atoms with Gasteiger partial charge in [-0.1, -0.05) is 41.1 Å². The molecule has 0 aliphatic rings. The van der Waals surface area contributed by atoms with Crippen molar-refractivity contribution < 1.29 is 4.79 Å². The lowest BCUT2D eigenvalue weighted by atomic mass is 10.1. The molecule has 2 nitrogen and oxygen atoms in total. The van der Waals surface area contributed by atoms with Crippen LogP contribution in [-0.2, 0) is 0 Å². The van der Waals surface area contributed by atoms with E-state index in [1.165, 1.54) is 0 Å². The highest BCUT2D eigenvalue weighted by molar-refractivity contribution is 9.10. The van der Waals surface area contributed by atoms with Crippen LogP contribution < -0.4 is 0 Å². The third-order valence-electron chi connectivity index (χ3n) is 3.21. The predicted molar refractivity (Wildman–Crippen MR) is 75.5 cm³/mol. The summed E-state index contributed by atoms with van der Waals surface area (Å²) < 4.78 is 0.885. The lowest BCUT2D eigenvalue weighted by molar-refractivity contribution is 0.0961. The van der Waals surface area contributed by atoms with Crippen LogP contribution in [0, 0.1) is 0 Å². The van der Waals surface area contributed by atoms with Crippen LogP contribution in [0.3, 0.4) is 0 Å². The quantitative estimate of drug-likeness (QED) is 0.745. The van der Waals surface area contributed by atoms with Crippen LogP contribution in [0.4, 0.5) is 0 Å². The fraction of sp³-hybridized carbons (Fsp3) is 0.500. The van der Waals surface area contributed by atoms with E-state index in [1.807, 2.05) is 24.3 Å². The van der Waals surface area contributed by atoms with E-state index in [2.05, 4.69) is 41.7 Å². The van der Waals surface area contributed by atoms with Crippen molar-refractivity contribution in [1.82, 2.24) is 4.90 Å². The molecule has 0 saturated heterocycles. The minimum atomic E-state index is 0.202. The summed E-state index contributed by atoms with van der Waals surface area (Å²) in [5.74, 6) is 0.202. The van der Waals surface area contributed by atoms with Crippen molar-refractivity contribution in [3.63, 3.8) is 0 Å². The van der Waals surface area contributed by atoms with Gasteiger partial charge in [0, 0.05) is 29.0 Å². The first-order valence-electron chi connectivity index (χ1n) is 6.04. The highest BCUT2D eigenvalue weighted by Crippen LogP contribution is 2.17. The molecule has 0 bridgehead atoms. The Hall–Kier alpha value is -0.670. The van der Waals surface area contributed by atoms with Crippen molar-refractivity contribution in [1.29, 1.82) is 0 Å². The molecule has 0 aliphatic carbocycles. The molecule has 0 spiro atoms. The predicted octanol–water partition coefficient (Wildman–Crippen LogP) is 3.75. The minimum Gasteiger partial charge on any atom is -0.303 e. The minimum absolute atomic E-state index is 0.202. The molecule has 1 unspecified atom stereocenters. The van der Waals surface area contributed by atoms with E-state index in [9.17, 15) is 4.79 Å². The summed E-state index contributed by atoms with van der Waals surface area (Å²) in [7, 11) is 2.07. The average molecular weight is 298 g/mol. The van der Waals surface area contributed by atoms with Gasteiger partial charge in [-0.25, -0.2) is 0 Å². The van der Waals surface area contributed by atoms with E-state index < -0.39 is 0 Å². The van der Waals surface area contributed by atoms with Crippen molar-refractivity contribution in [2.24, 2.45) is 0 Å². The average Bonchev–Trinajstić information content (AvgIpc) is 2.35. The number of carbonyl (C=O) groups excluding carboxylic acids is 1. The fourth-order valence-electron chi connectivity index (χ4n) is 1.63. The summed E-state index contributed by atoms with van der Waals surface area (Å²) in [5.41, 5.74) is 0.782. The molecule has 0 heterocycles. The van der Waals surface area contributed by atoms with Crippen LogP contribution in [0.25, 0.3) is 0 Å². The molecule has 0 fully saturated rings. The van der Waals surface area contributed by atoms with Crippen molar-refractivity contribution in [3.8, 4) is 0 Å². The van der Waals surface area contributed by atoms with Crippen LogP contribution in [0.5, 0.6) is 0 Å². The van der Waals surface area contributed by atoms with E-state index in [4.69, 9.17) is 0 Å². The summed E-state index contributed by atoms with van der Waals surface area (Å²) in [4.78, 5) is 14.3. The first kappa shape index (κ1) is 14.4. The molecular weight excluding hydrogens is 278 g/mol. The molecule has 1 atom stereocenters. The summed E-state index contributed by atoms with van der Waals surface area (Å²) in [6.07, 6.45) is 1.68. The summed E-state index contributed by atoms with van der Waals surface area (Å²) in [5, 5.41) is 0. The monoisotopic (exact) mass is 297 g/mol. The van der Waals surface area contributed by atoms with Gasteiger partial charge in [0.05, 0.1) is 0 Å². The summed E-state index contributed by atoms with van der Waals surface area (Å²) >= 11 is 3.41. The number of halogens is 1. The standard InChI is InChI=1S/C14H20BrNO/c1-4-11(2)16(3)10-9-14(17)12-7-5-6-8-13(12)15/h5-8,11H,4,9-10H2,1-3H3. The lowest BCUT2D eigenvalue weighted by Gasteiger charge is -2.22. The van der Waals surface area contributed by atoms with Gasteiger partial charge in [-0.05, 0) is 26.5 Å². The smallest absolute Gasteiger partial charge is 0.165 e. The van der Waals surface area contributed by atoms with Crippen molar-refractivity contribution in [2.45, 2.75) is 32.7 Å². The molecule has 94 valence electrons. The van der Waals surface area contributed by atoms with E-state index >= 15 is 0 Å². The van der Waals surface area contributed by atoms with Crippen LogP contribution in [0.2, 0.25) is 0 Å². The highest BCUT2D eigenvalue weighted by Gasteiger charge is 2.12. The number of rotatable bonds is 6. The molecule has 0 amide bonds. The van der Waals surface area contributed by atoms with Crippen molar-refractivity contribution in [3.05, 3.63) is 34.3 Å². The number of Topliss-reactive ketones (excluding diaryl/α,β-unsaturated/α-hetero) is 1. The Balaban J connectivity index is 2.54. The molecule has 0 aromatic heterocycles. The Morgan fingerprint density at radius 3 is 2.65 bits per heavy atom. The molecule has 0 N–H and O–H groups in total. The molecular formula is C14H20BrNO. The van der Waals surface area contributed by atoms with Gasteiger partial charge in [0.1, 0.15) is 0 Å². The van der Waals surface area contributed by atoms with E-state index in [0.717, 1.165) is 23.0 Å². The number of hydrogen-bond donors (Lipinski definition) is 0. The van der Waals surface area contributed by atoms with E-state index in [1.54, 1.807) is 0 Å². The van der Waals surface area contributed by atoms with Crippen LogP contribution in [0.1, 0.15) is 37.0 Å². The van der Waals surface area contributed by atoms with Gasteiger partial charge >= 0.3 is 0 Å². The molecule has 1 aromatic rings. The summed E-state index contributed by atoms with van der Waals surface area (Å²) in [6.45, 7) is 5.16. The highest BCUT2D eigenvalue weighted by atomic mass is 79.9. The Bertz CT molecular complexity index is 378. The Morgan fingerprint density at radius 1 is 1.41 bits per heavy atom. The number of ketones is 1. The second-order valence-electron chi connectivity index (χ2n) is 4.39. The second kappa shape index (κ2) is 6.92. The Labute approximate surface area is 112 Å². The number of hydrogen-bond acceptors (Lipinski definition) is 2. The topological polar surface area (TPSA) is 20.3 Å². The first-order valence-corrected chi connectivity index (χ1v) is 6.83. The van der Waals surface area contributed by atoms with Crippen LogP contribution in [0.15, 0.2) is 28.7 Å². The van der Waals surface area contributed by atoms with Gasteiger partial charge < -0.3 is 4.90 Å². The largest absolute Gasteiger partial charge is 0.303 e. The lowest BCUT2D eigenvalue weighted by Crippen LogP contribution is -2.30. The zero-order chi connectivity index (χ0) is 12.8.